The van der Waals surface area contributed by atoms with Crippen molar-refractivity contribution in [3.8, 4) is 0 Å². The molecule has 1 saturated heterocycles. The molecule has 1 unspecified atom stereocenters. The van der Waals surface area contributed by atoms with Crippen LogP contribution in [0.5, 0.6) is 0 Å². The van der Waals surface area contributed by atoms with E-state index in [-0.39, 0.29) is 11.9 Å². The van der Waals surface area contributed by atoms with Crippen LogP contribution in [0, 0.1) is 6.92 Å². The Balaban J connectivity index is 1.69. The minimum absolute atomic E-state index is 0.0727. The number of aromatic amines is 1. The summed E-state index contributed by atoms with van der Waals surface area (Å²) in [5.74, 6) is 0.131. The van der Waals surface area contributed by atoms with Gasteiger partial charge in [-0.2, -0.15) is 5.10 Å². The Morgan fingerprint density at radius 1 is 1.57 bits per heavy atom. The smallest absolute Gasteiger partial charge is 0.225 e. The molecule has 21 heavy (non-hydrogen) atoms. The molecule has 1 amide bonds. The number of nitrogens with zero attached hydrogens (tertiary/aromatic N) is 4. The van der Waals surface area contributed by atoms with Gasteiger partial charge < -0.3 is 14.2 Å². The number of carbonyl (C=O) groups excluding carboxylic acids is 1. The SMILES string of the molecule is Cc1cn[nH]c1C1COCCN1C(=O)CCn1ccnc1. The molecule has 2 aromatic heterocycles. The summed E-state index contributed by atoms with van der Waals surface area (Å²) in [6.07, 6.45) is 7.54. The molecular formula is C14H19N5O2. The fourth-order valence-corrected chi connectivity index (χ4v) is 2.62. The molecule has 7 nitrogen and oxygen atoms in total. The number of imidazole rings is 1. The van der Waals surface area contributed by atoms with Gasteiger partial charge in [-0.15, -0.1) is 0 Å². The number of morpholine rings is 1. The molecule has 0 radical (unpaired) electrons. The summed E-state index contributed by atoms with van der Waals surface area (Å²) in [5.41, 5.74) is 2.02. The Morgan fingerprint density at radius 2 is 2.48 bits per heavy atom. The van der Waals surface area contributed by atoms with E-state index < -0.39 is 0 Å². The van der Waals surface area contributed by atoms with Gasteiger partial charge in [0.25, 0.3) is 0 Å². The van der Waals surface area contributed by atoms with Crippen LogP contribution in [0.2, 0.25) is 0 Å². The third kappa shape index (κ3) is 2.97. The van der Waals surface area contributed by atoms with E-state index in [1.54, 1.807) is 18.7 Å². The second-order valence-electron chi connectivity index (χ2n) is 5.20. The largest absolute Gasteiger partial charge is 0.377 e. The third-order valence-electron chi connectivity index (χ3n) is 3.79. The van der Waals surface area contributed by atoms with Crippen LogP contribution in [0.3, 0.4) is 0 Å². The molecule has 1 N–H and O–H groups in total. The number of rotatable bonds is 4. The number of aryl methyl sites for hydroxylation is 2. The summed E-state index contributed by atoms with van der Waals surface area (Å²) in [5, 5.41) is 7.04. The van der Waals surface area contributed by atoms with Crippen molar-refractivity contribution >= 4 is 5.91 Å². The van der Waals surface area contributed by atoms with Crippen molar-refractivity contribution in [2.75, 3.05) is 19.8 Å². The Labute approximate surface area is 122 Å². The zero-order chi connectivity index (χ0) is 14.7. The van der Waals surface area contributed by atoms with Crippen molar-refractivity contribution in [3.63, 3.8) is 0 Å². The topological polar surface area (TPSA) is 76.0 Å². The number of H-pyrrole nitrogens is 1. The van der Waals surface area contributed by atoms with Gasteiger partial charge >= 0.3 is 0 Å². The Morgan fingerprint density at radius 3 is 3.19 bits per heavy atom. The quantitative estimate of drug-likeness (QED) is 0.907. The molecule has 3 rings (SSSR count). The molecule has 0 aromatic carbocycles. The average molecular weight is 289 g/mol. The molecule has 112 valence electrons. The van der Waals surface area contributed by atoms with Crippen molar-refractivity contribution < 1.29 is 9.53 Å². The fourth-order valence-electron chi connectivity index (χ4n) is 2.62. The van der Waals surface area contributed by atoms with Gasteiger partial charge in [0.1, 0.15) is 0 Å². The maximum absolute atomic E-state index is 12.5. The van der Waals surface area contributed by atoms with Crippen molar-refractivity contribution in [2.24, 2.45) is 0 Å². The number of nitrogens with one attached hydrogen (secondary N) is 1. The predicted octanol–water partition coefficient (Wildman–Crippen LogP) is 0.905. The lowest BCUT2D eigenvalue weighted by molar-refractivity contribution is -0.140. The molecule has 7 heteroatoms. The van der Waals surface area contributed by atoms with Crippen LogP contribution in [-0.4, -0.2) is 50.3 Å². The first kappa shape index (κ1) is 13.8. The van der Waals surface area contributed by atoms with Crippen LogP contribution in [0.1, 0.15) is 23.7 Å². The summed E-state index contributed by atoms with van der Waals surface area (Å²) in [6.45, 7) is 4.35. The lowest BCUT2D eigenvalue weighted by atomic mass is 10.1. The number of aromatic nitrogens is 4. The van der Waals surface area contributed by atoms with Gasteiger partial charge in [0.05, 0.1) is 37.5 Å². The molecule has 1 aliphatic heterocycles. The van der Waals surface area contributed by atoms with E-state index in [2.05, 4.69) is 15.2 Å². The second-order valence-corrected chi connectivity index (χ2v) is 5.20. The Hall–Kier alpha value is -2.15. The molecule has 2 aromatic rings. The monoisotopic (exact) mass is 289 g/mol. The first-order chi connectivity index (χ1) is 10.3. The minimum atomic E-state index is -0.0727. The van der Waals surface area contributed by atoms with E-state index in [0.717, 1.165) is 11.3 Å². The third-order valence-corrected chi connectivity index (χ3v) is 3.79. The molecule has 3 heterocycles. The van der Waals surface area contributed by atoms with Gasteiger partial charge in [0, 0.05) is 31.9 Å². The molecular weight excluding hydrogens is 270 g/mol. The van der Waals surface area contributed by atoms with E-state index in [9.17, 15) is 4.79 Å². The van der Waals surface area contributed by atoms with Crippen LogP contribution in [0.25, 0.3) is 0 Å². The number of ether oxygens (including phenoxy) is 1. The number of hydrogen-bond acceptors (Lipinski definition) is 4. The summed E-state index contributed by atoms with van der Waals surface area (Å²) >= 11 is 0. The molecule has 1 aliphatic rings. The molecule has 0 bridgehead atoms. The van der Waals surface area contributed by atoms with Crippen molar-refractivity contribution in [2.45, 2.75) is 25.9 Å². The fraction of sp³-hybridized carbons (Fsp3) is 0.500. The van der Waals surface area contributed by atoms with Gasteiger partial charge in [-0.05, 0) is 12.5 Å². The van der Waals surface area contributed by atoms with Crippen molar-refractivity contribution in [3.05, 3.63) is 36.2 Å². The standard InChI is InChI=1S/C14H19N5O2/c1-11-8-16-17-14(11)12-9-21-7-6-19(12)13(20)2-4-18-5-3-15-10-18/h3,5,8,10,12H,2,4,6-7,9H2,1H3,(H,16,17). The molecule has 0 aliphatic carbocycles. The van der Waals surface area contributed by atoms with Gasteiger partial charge in [-0.3, -0.25) is 9.89 Å². The van der Waals surface area contributed by atoms with Crippen LogP contribution < -0.4 is 0 Å². The molecule has 1 fully saturated rings. The van der Waals surface area contributed by atoms with E-state index in [1.165, 1.54) is 0 Å². The number of amides is 1. The van der Waals surface area contributed by atoms with Crippen molar-refractivity contribution in [1.29, 1.82) is 0 Å². The van der Waals surface area contributed by atoms with Gasteiger partial charge in [0.2, 0.25) is 5.91 Å². The number of carbonyl (C=O) groups is 1. The lowest BCUT2D eigenvalue weighted by Gasteiger charge is -2.35. The van der Waals surface area contributed by atoms with Crippen LogP contribution in [0.4, 0.5) is 0 Å². The molecule has 0 saturated carbocycles. The van der Waals surface area contributed by atoms with Crippen molar-refractivity contribution in [1.82, 2.24) is 24.6 Å². The van der Waals surface area contributed by atoms with Gasteiger partial charge in [-0.1, -0.05) is 0 Å². The average Bonchev–Trinajstić information content (AvgIpc) is 3.16. The van der Waals surface area contributed by atoms with Gasteiger partial charge in [0.15, 0.2) is 0 Å². The summed E-state index contributed by atoms with van der Waals surface area (Å²) in [6, 6.07) is -0.0727. The normalized spacial score (nSPS) is 18.9. The highest BCUT2D eigenvalue weighted by atomic mass is 16.5. The predicted molar refractivity (Wildman–Crippen MR) is 75.4 cm³/mol. The highest BCUT2D eigenvalue weighted by molar-refractivity contribution is 5.76. The van der Waals surface area contributed by atoms with Crippen LogP contribution in [-0.2, 0) is 16.1 Å². The van der Waals surface area contributed by atoms with E-state index in [0.29, 0.717) is 32.7 Å². The molecule has 0 spiro atoms. The highest BCUT2D eigenvalue weighted by Crippen LogP contribution is 2.25. The zero-order valence-electron chi connectivity index (χ0n) is 12.0. The maximum Gasteiger partial charge on any atom is 0.225 e. The highest BCUT2D eigenvalue weighted by Gasteiger charge is 2.30. The molecule has 1 atom stereocenters. The Bertz CT molecular complexity index is 592. The zero-order valence-corrected chi connectivity index (χ0v) is 12.0. The van der Waals surface area contributed by atoms with E-state index >= 15 is 0 Å². The Kier molecular flexibility index (Phi) is 4.01. The maximum atomic E-state index is 12.5. The summed E-state index contributed by atoms with van der Waals surface area (Å²) in [4.78, 5) is 18.4. The van der Waals surface area contributed by atoms with Crippen LogP contribution in [0.15, 0.2) is 24.9 Å². The first-order valence-electron chi connectivity index (χ1n) is 7.08. The van der Waals surface area contributed by atoms with E-state index in [1.807, 2.05) is 22.6 Å². The summed E-state index contributed by atoms with van der Waals surface area (Å²) < 4.78 is 7.45. The summed E-state index contributed by atoms with van der Waals surface area (Å²) in [7, 11) is 0. The van der Waals surface area contributed by atoms with Crippen LogP contribution >= 0.6 is 0 Å². The minimum Gasteiger partial charge on any atom is -0.377 e. The van der Waals surface area contributed by atoms with E-state index in [4.69, 9.17) is 4.74 Å². The first-order valence-corrected chi connectivity index (χ1v) is 7.08. The number of hydrogen-bond donors (Lipinski definition) is 1. The lowest BCUT2D eigenvalue weighted by Crippen LogP contribution is -2.44. The second kappa shape index (κ2) is 6.09. The van der Waals surface area contributed by atoms with Gasteiger partial charge in [-0.25, -0.2) is 4.98 Å².